The number of benzene rings is 1. The molecule has 2 rings (SSSR count). The summed E-state index contributed by atoms with van der Waals surface area (Å²) >= 11 is 0. The van der Waals surface area contributed by atoms with Gasteiger partial charge in [-0.1, -0.05) is 0 Å². The molecule has 0 bridgehead atoms. The number of nitro benzene ring substituents is 1. The average molecular weight is 249 g/mol. The Morgan fingerprint density at radius 1 is 1.39 bits per heavy atom. The summed E-state index contributed by atoms with van der Waals surface area (Å²) < 4.78 is 10.2. The summed E-state index contributed by atoms with van der Waals surface area (Å²) in [5.41, 5.74) is 0.291. The van der Waals surface area contributed by atoms with E-state index in [9.17, 15) is 14.9 Å². The Bertz CT molecular complexity index is 674. The maximum atomic E-state index is 11.3. The van der Waals surface area contributed by atoms with E-state index < -0.39 is 10.5 Å². The monoisotopic (exact) mass is 249 g/mol. The maximum Gasteiger partial charge on any atom is 0.336 e. The molecule has 0 radical (unpaired) electrons. The molecule has 1 aromatic heterocycles. The predicted octanol–water partition coefficient (Wildman–Crippen LogP) is 2.41. The lowest BCUT2D eigenvalue weighted by molar-refractivity contribution is -0.385. The lowest BCUT2D eigenvalue weighted by Crippen LogP contribution is -2.01. The fourth-order valence-electron chi connectivity index (χ4n) is 1.75. The van der Waals surface area contributed by atoms with Gasteiger partial charge < -0.3 is 9.15 Å². The van der Waals surface area contributed by atoms with Crippen LogP contribution < -0.4 is 10.4 Å². The van der Waals surface area contributed by atoms with Gasteiger partial charge in [-0.15, -0.1) is 0 Å². The molecule has 0 aliphatic heterocycles. The van der Waals surface area contributed by atoms with Crippen LogP contribution in [0.15, 0.2) is 27.4 Å². The van der Waals surface area contributed by atoms with Crippen LogP contribution in [0.4, 0.5) is 5.69 Å². The predicted molar refractivity (Wildman–Crippen MR) is 65.0 cm³/mol. The molecule has 0 spiro atoms. The summed E-state index contributed by atoms with van der Waals surface area (Å²) in [6, 6.07) is 4.04. The Kier molecular flexibility index (Phi) is 3.01. The lowest BCUT2D eigenvalue weighted by Gasteiger charge is -2.06. The number of nitro groups is 1. The molecular weight excluding hydrogens is 238 g/mol. The van der Waals surface area contributed by atoms with E-state index in [0.29, 0.717) is 17.6 Å². The van der Waals surface area contributed by atoms with Crippen LogP contribution >= 0.6 is 0 Å². The van der Waals surface area contributed by atoms with Crippen LogP contribution in [-0.4, -0.2) is 11.5 Å². The molecule has 0 aliphatic rings. The van der Waals surface area contributed by atoms with Crippen molar-refractivity contribution < 1.29 is 14.1 Å². The minimum absolute atomic E-state index is 0.101. The van der Waals surface area contributed by atoms with Gasteiger partial charge in [-0.2, -0.15) is 0 Å². The highest BCUT2D eigenvalue weighted by atomic mass is 16.6. The molecule has 0 saturated heterocycles. The van der Waals surface area contributed by atoms with Gasteiger partial charge in [0.2, 0.25) is 5.75 Å². The molecular formula is C12H11NO5. The van der Waals surface area contributed by atoms with Crippen molar-refractivity contribution in [2.75, 3.05) is 6.61 Å². The first-order valence-electron chi connectivity index (χ1n) is 5.38. The average Bonchev–Trinajstić information content (AvgIpc) is 2.27. The number of nitrogens with zero attached hydrogens (tertiary/aromatic N) is 1. The van der Waals surface area contributed by atoms with Gasteiger partial charge in [0.15, 0.2) is 0 Å². The standard InChI is InChI=1S/C12H11NO5/c1-3-17-11-6-10-8(5-9(11)13(15)16)7(2)4-12(14)18-10/h4-6H,3H2,1-2H3. The van der Waals surface area contributed by atoms with Crippen LogP contribution in [0.1, 0.15) is 12.5 Å². The van der Waals surface area contributed by atoms with Crippen molar-refractivity contribution >= 4 is 16.7 Å². The molecule has 0 unspecified atom stereocenters. The molecule has 0 atom stereocenters. The number of fused-ring (bicyclic) bond motifs is 1. The van der Waals surface area contributed by atoms with Crippen LogP contribution in [0.5, 0.6) is 5.75 Å². The first-order valence-corrected chi connectivity index (χ1v) is 5.38. The van der Waals surface area contributed by atoms with Crippen molar-refractivity contribution in [2.45, 2.75) is 13.8 Å². The number of ether oxygens (including phenoxy) is 1. The molecule has 0 saturated carbocycles. The lowest BCUT2D eigenvalue weighted by atomic mass is 10.1. The van der Waals surface area contributed by atoms with Gasteiger partial charge >= 0.3 is 11.3 Å². The Morgan fingerprint density at radius 2 is 2.11 bits per heavy atom. The van der Waals surface area contributed by atoms with Crippen LogP contribution in [0.3, 0.4) is 0 Å². The van der Waals surface area contributed by atoms with E-state index in [1.165, 1.54) is 18.2 Å². The Labute approximate surface area is 102 Å². The fourth-order valence-corrected chi connectivity index (χ4v) is 1.75. The third-order valence-corrected chi connectivity index (χ3v) is 2.53. The Hall–Kier alpha value is -2.37. The highest BCUT2D eigenvalue weighted by Gasteiger charge is 2.18. The second-order valence-corrected chi connectivity index (χ2v) is 3.75. The first-order chi connectivity index (χ1) is 8.52. The molecule has 0 aliphatic carbocycles. The van der Waals surface area contributed by atoms with Gasteiger partial charge in [-0.3, -0.25) is 10.1 Å². The highest BCUT2D eigenvalue weighted by Crippen LogP contribution is 2.32. The van der Waals surface area contributed by atoms with Crippen molar-refractivity contribution in [1.29, 1.82) is 0 Å². The maximum absolute atomic E-state index is 11.3. The highest BCUT2D eigenvalue weighted by molar-refractivity contribution is 5.85. The van der Waals surface area contributed by atoms with E-state index in [4.69, 9.17) is 9.15 Å². The molecule has 94 valence electrons. The molecule has 18 heavy (non-hydrogen) atoms. The molecule has 1 aromatic carbocycles. The van der Waals surface area contributed by atoms with Gasteiger partial charge in [0, 0.05) is 23.6 Å². The smallest absolute Gasteiger partial charge is 0.336 e. The molecule has 2 aromatic rings. The number of aryl methyl sites for hydroxylation is 1. The summed E-state index contributed by atoms with van der Waals surface area (Å²) in [6.07, 6.45) is 0. The zero-order valence-electron chi connectivity index (χ0n) is 9.93. The summed E-state index contributed by atoms with van der Waals surface area (Å²) in [5, 5.41) is 11.5. The van der Waals surface area contributed by atoms with Crippen LogP contribution in [0, 0.1) is 17.0 Å². The van der Waals surface area contributed by atoms with Crippen molar-refractivity contribution in [3.8, 4) is 5.75 Å². The van der Waals surface area contributed by atoms with Crippen molar-refractivity contribution in [3.63, 3.8) is 0 Å². The quantitative estimate of drug-likeness (QED) is 0.474. The SMILES string of the molecule is CCOc1cc2oc(=O)cc(C)c2cc1[N+](=O)[O-]. The third-order valence-electron chi connectivity index (χ3n) is 2.53. The zero-order chi connectivity index (χ0) is 13.3. The van der Waals surface area contributed by atoms with Crippen molar-refractivity contribution in [2.24, 2.45) is 0 Å². The summed E-state index contributed by atoms with van der Waals surface area (Å²) in [6.45, 7) is 3.71. The number of hydrogen-bond donors (Lipinski definition) is 0. The molecule has 1 heterocycles. The topological polar surface area (TPSA) is 82.6 Å². The van der Waals surface area contributed by atoms with E-state index in [-0.39, 0.29) is 17.0 Å². The Balaban J connectivity index is 2.80. The Morgan fingerprint density at radius 3 is 2.72 bits per heavy atom. The second-order valence-electron chi connectivity index (χ2n) is 3.75. The van der Waals surface area contributed by atoms with Crippen molar-refractivity contribution in [3.05, 3.63) is 44.3 Å². The van der Waals surface area contributed by atoms with E-state index in [1.54, 1.807) is 13.8 Å². The van der Waals surface area contributed by atoms with Gasteiger partial charge in [-0.05, 0) is 19.4 Å². The van der Waals surface area contributed by atoms with Crippen LogP contribution in [-0.2, 0) is 0 Å². The fraction of sp³-hybridized carbons (Fsp3) is 0.250. The largest absolute Gasteiger partial charge is 0.487 e. The molecule has 0 amide bonds. The molecule has 6 heteroatoms. The van der Waals surface area contributed by atoms with E-state index in [1.807, 2.05) is 0 Å². The van der Waals surface area contributed by atoms with Crippen LogP contribution in [0.2, 0.25) is 0 Å². The summed E-state index contributed by atoms with van der Waals surface area (Å²) in [4.78, 5) is 21.7. The third kappa shape index (κ3) is 2.04. The molecule has 0 fully saturated rings. The van der Waals surface area contributed by atoms with E-state index in [2.05, 4.69) is 0 Å². The minimum Gasteiger partial charge on any atom is -0.487 e. The van der Waals surface area contributed by atoms with E-state index >= 15 is 0 Å². The van der Waals surface area contributed by atoms with Gasteiger partial charge in [0.1, 0.15) is 5.58 Å². The number of hydrogen-bond acceptors (Lipinski definition) is 5. The molecule has 6 nitrogen and oxygen atoms in total. The first kappa shape index (κ1) is 12.1. The summed E-state index contributed by atoms with van der Waals surface area (Å²) in [7, 11) is 0. The minimum atomic E-state index is -0.519. The van der Waals surface area contributed by atoms with Crippen LogP contribution in [0.25, 0.3) is 11.0 Å². The summed E-state index contributed by atoms with van der Waals surface area (Å²) in [5.74, 6) is 0.101. The normalized spacial score (nSPS) is 10.6. The van der Waals surface area contributed by atoms with Gasteiger partial charge in [0.25, 0.3) is 0 Å². The number of rotatable bonds is 3. The zero-order valence-corrected chi connectivity index (χ0v) is 9.93. The molecule has 0 N–H and O–H groups in total. The van der Waals surface area contributed by atoms with Gasteiger partial charge in [-0.25, -0.2) is 4.79 Å². The second kappa shape index (κ2) is 4.48. The van der Waals surface area contributed by atoms with Crippen molar-refractivity contribution in [1.82, 2.24) is 0 Å². The van der Waals surface area contributed by atoms with E-state index in [0.717, 1.165) is 0 Å². The van der Waals surface area contributed by atoms with Gasteiger partial charge in [0.05, 0.1) is 11.5 Å².